The monoisotopic (exact) mass is 559 g/mol. The maximum atomic E-state index is 13.4. The normalized spacial score (nSPS) is 17.6. The molecule has 39 heavy (non-hydrogen) atoms. The number of esters is 1. The van der Waals surface area contributed by atoms with E-state index < -0.39 is 23.9 Å². The minimum Gasteiger partial charge on any atom is -0.464 e. The number of fused-ring (bicyclic) bond motifs is 2. The third kappa shape index (κ3) is 4.65. The number of benzene rings is 1. The van der Waals surface area contributed by atoms with Crippen molar-refractivity contribution in [3.05, 3.63) is 58.3 Å². The van der Waals surface area contributed by atoms with Crippen LogP contribution in [0.5, 0.6) is 0 Å². The van der Waals surface area contributed by atoms with Crippen LogP contribution in [0.3, 0.4) is 0 Å². The number of hydrogen-bond donors (Lipinski definition) is 0. The molecule has 0 bridgehead atoms. The second-order valence-corrected chi connectivity index (χ2v) is 9.66. The van der Waals surface area contributed by atoms with Crippen LogP contribution in [-0.4, -0.2) is 63.3 Å². The van der Waals surface area contributed by atoms with Gasteiger partial charge in [0.25, 0.3) is 0 Å². The fraction of sp³-hybridized carbons (Fsp3) is 0.360. The van der Waals surface area contributed by atoms with E-state index in [1.54, 1.807) is 18.2 Å². The molecule has 3 aromatic rings. The summed E-state index contributed by atoms with van der Waals surface area (Å²) in [4.78, 5) is 33.5. The maximum Gasteiger partial charge on any atom is 0.451 e. The highest BCUT2D eigenvalue weighted by atomic mass is 35.5. The third-order valence-corrected chi connectivity index (χ3v) is 7.15. The molecule has 1 atom stereocenters. The van der Waals surface area contributed by atoms with Gasteiger partial charge in [0.15, 0.2) is 11.5 Å². The standard InChI is InChI=1S/C25H21ClF3N7O3/c1-13-11-34(21-16-9-14(26)3-4-18(16)31-20(17(21)10-30)23(38)39-2)6-5-15(13)22(37)35-7-8-36-19(12-35)32-33-24(36)25(27,28)29/h3-4,9,15H,1,5-8,11-12H2,2H3/t15-/m0/s1. The first-order valence-electron chi connectivity index (χ1n) is 11.9. The van der Waals surface area contributed by atoms with E-state index in [1.165, 1.54) is 12.0 Å². The number of anilines is 1. The molecular formula is C25H21ClF3N7O3. The van der Waals surface area contributed by atoms with Gasteiger partial charge in [-0.25, -0.2) is 9.78 Å². The summed E-state index contributed by atoms with van der Waals surface area (Å²) in [7, 11) is 1.20. The highest BCUT2D eigenvalue weighted by Crippen LogP contribution is 2.37. The van der Waals surface area contributed by atoms with Gasteiger partial charge in [-0.05, 0) is 30.2 Å². The van der Waals surface area contributed by atoms with Crippen LogP contribution < -0.4 is 4.90 Å². The van der Waals surface area contributed by atoms with E-state index in [-0.39, 0.29) is 49.2 Å². The molecule has 0 N–H and O–H groups in total. The van der Waals surface area contributed by atoms with Crippen molar-refractivity contribution >= 4 is 40.1 Å². The maximum absolute atomic E-state index is 13.4. The van der Waals surface area contributed by atoms with Gasteiger partial charge >= 0.3 is 12.1 Å². The van der Waals surface area contributed by atoms with Crippen LogP contribution in [0.25, 0.3) is 10.9 Å². The van der Waals surface area contributed by atoms with Crippen molar-refractivity contribution in [2.24, 2.45) is 5.92 Å². The quantitative estimate of drug-likeness (QED) is 0.353. The van der Waals surface area contributed by atoms with Crippen molar-refractivity contribution in [3.8, 4) is 6.07 Å². The van der Waals surface area contributed by atoms with Crippen molar-refractivity contribution in [2.75, 3.05) is 31.6 Å². The summed E-state index contributed by atoms with van der Waals surface area (Å²) < 4.78 is 45.3. The van der Waals surface area contributed by atoms with Gasteiger partial charge in [-0.15, -0.1) is 10.2 Å². The smallest absolute Gasteiger partial charge is 0.451 e. The number of nitrogens with zero attached hydrogens (tertiary/aromatic N) is 7. The molecule has 202 valence electrons. The van der Waals surface area contributed by atoms with Crippen molar-refractivity contribution in [2.45, 2.75) is 25.7 Å². The van der Waals surface area contributed by atoms with Crippen molar-refractivity contribution < 1.29 is 27.5 Å². The number of carbonyl (C=O) groups excluding carboxylic acids is 2. The molecule has 1 saturated heterocycles. The summed E-state index contributed by atoms with van der Waals surface area (Å²) in [5.41, 5.74) is 1.32. The predicted octanol–water partition coefficient (Wildman–Crippen LogP) is 3.58. The number of piperidine rings is 1. The number of rotatable bonds is 3. The van der Waals surface area contributed by atoms with Crippen molar-refractivity contribution in [1.82, 2.24) is 24.6 Å². The van der Waals surface area contributed by atoms with E-state index in [0.29, 0.717) is 40.2 Å². The van der Waals surface area contributed by atoms with E-state index in [2.05, 4.69) is 27.8 Å². The lowest BCUT2D eigenvalue weighted by Crippen LogP contribution is -2.46. The number of amides is 1. The second-order valence-electron chi connectivity index (χ2n) is 9.22. The summed E-state index contributed by atoms with van der Waals surface area (Å²) >= 11 is 6.23. The Bertz CT molecular complexity index is 1560. The van der Waals surface area contributed by atoms with Gasteiger partial charge in [-0.1, -0.05) is 18.2 Å². The highest BCUT2D eigenvalue weighted by Gasteiger charge is 2.41. The summed E-state index contributed by atoms with van der Waals surface area (Å²) in [5.74, 6) is -2.62. The molecule has 1 aromatic carbocycles. The molecular weight excluding hydrogens is 539 g/mol. The molecule has 14 heteroatoms. The van der Waals surface area contributed by atoms with Gasteiger partial charge in [0.1, 0.15) is 11.6 Å². The van der Waals surface area contributed by atoms with Crippen LogP contribution in [0.4, 0.5) is 18.9 Å². The molecule has 0 unspecified atom stereocenters. The third-order valence-electron chi connectivity index (χ3n) is 6.92. The molecule has 10 nitrogen and oxygen atoms in total. The van der Waals surface area contributed by atoms with Crippen molar-refractivity contribution in [1.29, 1.82) is 5.26 Å². The topological polar surface area (TPSA) is 117 Å². The number of nitriles is 1. The number of hydrogen-bond acceptors (Lipinski definition) is 8. The number of carbonyl (C=O) groups is 2. The van der Waals surface area contributed by atoms with Gasteiger partial charge < -0.3 is 19.1 Å². The number of halogens is 4. The zero-order chi connectivity index (χ0) is 28.1. The Hall–Kier alpha value is -4.18. The molecule has 0 aliphatic carbocycles. The van der Waals surface area contributed by atoms with Crippen LogP contribution >= 0.6 is 11.6 Å². The number of alkyl halides is 3. The van der Waals surface area contributed by atoms with E-state index in [9.17, 15) is 28.0 Å². The molecule has 5 rings (SSSR count). The molecule has 0 spiro atoms. The van der Waals surface area contributed by atoms with Gasteiger partial charge in [-0.3, -0.25) is 4.79 Å². The number of ether oxygens (including phenoxy) is 1. The van der Waals surface area contributed by atoms with Gasteiger partial charge in [0, 0.05) is 36.6 Å². The largest absolute Gasteiger partial charge is 0.464 e. The summed E-state index contributed by atoms with van der Waals surface area (Å²) in [6.45, 7) is 4.55. The Balaban J connectivity index is 1.41. The number of aromatic nitrogens is 4. The first kappa shape index (κ1) is 26.4. The molecule has 4 heterocycles. The average Bonchev–Trinajstić information content (AvgIpc) is 3.35. The van der Waals surface area contributed by atoms with Crippen LogP contribution in [0, 0.1) is 17.2 Å². The van der Waals surface area contributed by atoms with E-state index >= 15 is 0 Å². The van der Waals surface area contributed by atoms with Gasteiger partial charge in [0.2, 0.25) is 11.7 Å². The molecule has 1 amide bonds. The second kappa shape index (κ2) is 9.85. The Morgan fingerprint density at radius 2 is 1.97 bits per heavy atom. The van der Waals surface area contributed by atoms with E-state index in [1.807, 2.05) is 4.90 Å². The van der Waals surface area contributed by atoms with Crippen LogP contribution in [-0.2, 0) is 28.8 Å². The van der Waals surface area contributed by atoms with Crippen molar-refractivity contribution in [3.63, 3.8) is 0 Å². The molecule has 2 aliphatic rings. The Kier molecular flexibility index (Phi) is 6.67. The molecule has 2 aliphatic heterocycles. The fourth-order valence-corrected chi connectivity index (χ4v) is 5.26. The summed E-state index contributed by atoms with van der Waals surface area (Å²) in [6.07, 6.45) is -4.30. The zero-order valence-corrected chi connectivity index (χ0v) is 21.4. The molecule has 0 radical (unpaired) electrons. The Morgan fingerprint density at radius 1 is 1.21 bits per heavy atom. The first-order chi connectivity index (χ1) is 18.5. The fourth-order valence-electron chi connectivity index (χ4n) is 5.09. The van der Waals surface area contributed by atoms with E-state index in [0.717, 1.165) is 4.57 Å². The lowest BCUT2D eigenvalue weighted by molar-refractivity contribution is -0.148. The molecule has 1 fully saturated rings. The lowest BCUT2D eigenvalue weighted by Gasteiger charge is -2.38. The lowest BCUT2D eigenvalue weighted by atomic mass is 9.89. The number of methoxy groups -OCH3 is 1. The number of pyridine rings is 1. The minimum absolute atomic E-state index is 0.0185. The Morgan fingerprint density at radius 3 is 2.64 bits per heavy atom. The van der Waals surface area contributed by atoms with Gasteiger partial charge in [0.05, 0.1) is 30.8 Å². The SMILES string of the molecule is C=C1CN(c2c(C#N)c(C(=O)OC)nc3ccc(Cl)cc23)CC[C@@H]1C(=O)N1CCn2c(nnc2C(F)(F)F)C1. The summed E-state index contributed by atoms with van der Waals surface area (Å²) in [6, 6.07) is 6.97. The van der Waals surface area contributed by atoms with Gasteiger partial charge in [-0.2, -0.15) is 18.4 Å². The van der Waals surface area contributed by atoms with Crippen LogP contribution in [0.1, 0.15) is 34.1 Å². The molecule has 0 saturated carbocycles. The molecule has 2 aromatic heterocycles. The zero-order valence-electron chi connectivity index (χ0n) is 20.6. The minimum atomic E-state index is -4.63. The van der Waals surface area contributed by atoms with Crippen LogP contribution in [0.15, 0.2) is 30.4 Å². The summed E-state index contributed by atoms with van der Waals surface area (Å²) in [5, 5.41) is 17.9. The first-order valence-corrected chi connectivity index (χ1v) is 12.2. The average molecular weight is 560 g/mol. The van der Waals surface area contributed by atoms with E-state index in [4.69, 9.17) is 16.3 Å². The predicted molar refractivity (Wildman–Crippen MR) is 133 cm³/mol. The highest BCUT2D eigenvalue weighted by molar-refractivity contribution is 6.31. The van der Waals surface area contributed by atoms with Crippen LogP contribution in [0.2, 0.25) is 5.02 Å². The Labute approximate surface area is 225 Å².